The Bertz CT molecular complexity index is 784. The molecule has 2 aromatic rings. The Morgan fingerprint density at radius 2 is 2.04 bits per heavy atom. The number of nitrogens with zero attached hydrogens (tertiary/aromatic N) is 2. The minimum Gasteiger partial charge on any atom is -0.478 e. The van der Waals surface area contributed by atoms with Gasteiger partial charge >= 0.3 is 12.1 Å². The molecule has 1 fully saturated rings. The van der Waals surface area contributed by atoms with E-state index in [1.165, 1.54) is 6.07 Å². The van der Waals surface area contributed by atoms with Gasteiger partial charge in [0.2, 0.25) is 0 Å². The highest BCUT2D eigenvalue weighted by molar-refractivity contribution is 6.00. The average Bonchev–Trinajstić information content (AvgIpc) is 3.20. The van der Waals surface area contributed by atoms with Crippen LogP contribution in [0.15, 0.2) is 18.2 Å². The molecule has 1 heterocycles. The van der Waals surface area contributed by atoms with Crippen molar-refractivity contribution in [3.8, 4) is 0 Å². The number of fused-ring (bicyclic) bond motifs is 1. The molecule has 0 atom stereocenters. The molecule has 0 radical (unpaired) electrons. The van der Waals surface area contributed by atoms with Gasteiger partial charge in [-0.3, -0.25) is 10.00 Å². The fourth-order valence-electron chi connectivity index (χ4n) is 2.36. The lowest BCUT2D eigenvalue weighted by atomic mass is 10.1. The first kappa shape index (κ1) is 15.3. The quantitative estimate of drug-likeness (QED) is 0.904. The molecule has 1 aliphatic rings. The summed E-state index contributed by atoms with van der Waals surface area (Å²) in [5.41, 5.74) is 0.302. The van der Waals surface area contributed by atoms with E-state index in [2.05, 4.69) is 10.4 Å². The number of hydrogen-bond acceptors (Lipinski definition) is 4. The molecule has 0 spiro atoms. The van der Waals surface area contributed by atoms with Gasteiger partial charge in [0.25, 0.3) is 0 Å². The lowest BCUT2D eigenvalue weighted by molar-refractivity contribution is 0.0633. The van der Waals surface area contributed by atoms with Crippen molar-refractivity contribution in [1.29, 1.82) is 0 Å². The van der Waals surface area contributed by atoms with Crippen molar-refractivity contribution in [2.24, 2.45) is 0 Å². The Hall–Kier alpha value is -2.57. The highest BCUT2D eigenvalue weighted by Gasteiger charge is 2.28. The summed E-state index contributed by atoms with van der Waals surface area (Å²) in [4.78, 5) is 23.1. The molecule has 1 aromatic heterocycles. The van der Waals surface area contributed by atoms with Gasteiger partial charge in [-0.25, -0.2) is 9.59 Å². The van der Waals surface area contributed by atoms with Gasteiger partial charge in [-0.1, -0.05) is 0 Å². The van der Waals surface area contributed by atoms with Crippen molar-refractivity contribution in [2.45, 2.75) is 45.3 Å². The molecule has 0 aliphatic heterocycles. The minimum absolute atomic E-state index is 0.197. The fourth-order valence-corrected chi connectivity index (χ4v) is 2.36. The number of ether oxygens (including phenoxy) is 1. The van der Waals surface area contributed by atoms with Crippen molar-refractivity contribution in [3.05, 3.63) is 23.8 Å². The smallest absolute Gasteiger partial charge is 0.413 e. The Morgan fingerprint density at radius 1 is 1.35 bits per heavy atom. The summed E-state index contributed by atoms with van der Waals surface area (Å²) in [6.07, 6.45) is 1.42. The number of anilines is 1. The van der Waals surface area contributed by atoms with Crippen molar-refractivity contribution in [2.75, 3.05) is 5.32 Å². The number of hydrogen-bond donors (Lipinski definition) is 2. The Morgan fingerprint density at radius 3 is 2.61 bits per heavy atom. The van der Waals surface area contributed by atoms with E-state index in [0.29, 0.717) is 16.7 Å². The van der Waals surface area contributed by atoms with Crippen LogP contribution in [0.25, 0.3) is 10.9 Å². The van der Waals surface area contributed by atoms with Gasteiger partial charge in [0.1, 0.15) is 5.60 Å². The largest absolute Gasteiger partial charge is 0.478 e. The van der Waals surface area contributed by atoms with E-state index >= 15 is 0 Å². The van der Waals surface area contributed by atoms with Crippen LogP contribution in [-0.2, 0) is 4.74 Å². The summed E-state index contributed by atoms with van der Waals surface area (Å²) in [6.45, 7) is 5.35. The third-order valence-corrected chi connectivity index (χ3v) is 3.47. The standard InChI is InChI=1S/C16H19N3O4/c1-16(2,3)23-15(22)17-13-11-7-4-9(14(20)21)8-12(11)19(18-13)10-5-6-10/h4,7-8,10H,5-6H2,1-3H3,(H,20,21)(H,17,18,22). The Kier molecular flexibility index (Phi) is 3.50. The summed E-state index contributed by atoms with van der Waals surface area (Å²) in [6, 6.07) is 5.01. The van der Waals surface area contributed by atoms with Crippen LogP contribution in [-0.4, -0.2) is 32.6 Å². The highest BCUT2D eigenvalue weighted by Crippen LogP contribution is 2.38. The number of aromatic nitrogens is 2. The summed E-state index contributed by atoms with van der Waals surface area (Å²) >= 11 is 0. The normalized spacial score (nSPS) is 14.7. The average molecular weight is 317 g/mol. The van der Waals surface area contributed by atoms with Crippen molar-refractivity contribution >= 4 is 28.8 Å². The van der Waals surface area contributed by atoms with Crippen LogP contribution >= 0.6 is 0 Å². The van der Waals surface area contributed by atoms with E-state index < -0.39 is 17.7 Å². The summed E-state index contributed by atoms with van der Waals surface area (Å²) < 4.78 is 7.03. The van der Waals surface area contributed by atoms with Gasteiger partial charge in [-0.2, -0.15) is 5.10 Å². The van der Waals surface area contributed by atoms with Gasteiger partial charge < -0.3 is 9.84 Å². The van der Waals surface area contributed by atoms with E-state index in [1.807, 2.05) is 0 Å². The molecule has 0 saturated heterocycles. The molecule has 1 amide bonds. The van der Waals surface area contributed by atoms with Gasteiger partial charge in [0.15, 0.2) is 5.82 Å². The van der Waals surface area contributed by atoms with Gasteiger partial charge in [0, 0.05) is 5.39 Å². The fraction of sp³-hybridized carbons (Fsp3) is 0.438. The molecule has 3 rings (SSSR count). The van der Waals surface area contributed by atoms with E-state index in [-0.39, 0.29) is 11.6 Å². The molecule has 7 heteroatoms. The number of rotatable bonds is 3. The van der Waals surface area contributed by atoms with E-state index in [0.717, 1.165) is 12.8 Å². The molecule has 1 saturated carbocycles. The zero-order chi connectivity index (χ0) is 16.8. The molecular weight excluding hydrogens is 298 g/mol. The predicted molar refractivity (Wildman–Crippen MR) is 84.8 cm³/mol. The number of carboxylic acid groups (broad SMARTS) is 1. The molecular formula is C16H19N3O4. The molecule has 0 bridgehead atoms. The lowest BCUT2D eigenvalue weighted by Gasteiger charge is -2.19. The van der Waals surface area contributed by atoms with Crippen LogP contribution in [0.2, 0.25) is 0 Å². The number of carbonyl (C=O) groups is 2. The molecule has 1 aliphatic carbocycles. The van der Waals surface area contributed by atoms with Gasteiger partial charge in [-0.05, 0) is 51.8 Å². The van der Waals surface area contributed by atoms with Crippen LogP contribution in [0, 0.1) is 0 Å². The van der Waals surface area contributed by atoms with Crippen LogP contribution < -0.4 is 5.32 Å². The Labute approximate surface area is 133 Å². The third-order valence-electron chi connectivity index (χ3n) is 3.47. The zero-order valence-corrected chi connectivity index (χ0v) is 13.3. The molecule has 23 heavy (non-hydrogen) atoms. The first-order valence-corrected chi connectivity index (χ1v) is 7.50. The summed E-state index contributed by atoms with van der Waals surface area (Å²) in [5.74, 6) is -0.602. The summed E-state index contributed by atoms with van der Waals surface area (Å²) in [7, 11) is 0. The zero-order valence-electron chi connectivity index (χ0n) is 13.3. The number of amides is 1. The number of nitrogens with one attached hydrogen (secondary N) is 1. The number of aromatic carboxylic acids is 1. The second-order valence-electron chi connectivity index (χ2n) is 6.69. The van der Waals surface area contributed by atoms with Crippen LogP contribution in [0.5, 0.6) is 0 Å². The van der Waals surface area contributed by atoms with Crippen molar-refractivity contribution in [3.63, 3.8) is 0 Å². The van der Waals surface area contributed by atoms with E-state index in [4.69, 9.17) is 9.84 Å². The van der Waals surface area contributed by atoms with Gasteiger partial charge in [0.05, 0.1) is 17.1 Å². The molecule has 122 valence electrons. The molecule has 2 N–H and O–H groups in total. The SMILES string of the molecule is CC(C)(C)OC(=O)Nc1nn(C2CC2)c2cc(C(=O)O)ccc12. The van der Waals surface area contributed by atoms with Crippen molar-refractivity contribution < 1.29 is 19.4 Å². The molecule has 0 unspecified atom stereocenters. The summed E-state index contributed by atoms with van der Waals surface area (Å²) in [5, 5.41) is 16.9. The maximum Gasteiger partial charge on any atom is 0.413 e. The first-order valence-electron chi connectivity index (χ1n) is 7.50. The first-order chi connectivity index (χ1) is 10.7. The minimum atomic E-state index is -0.989. The molecule has 1 aromatic carbocycles. The highest BCUT2D eigenvalue weighted by atomic mass is 16.6. The second kappa shape index (κ2) is 5.26. The third kappa shape index (κ3) is 3.28. The van der Waals surface area contributed by atoms with Gasteiger partial charge in [-0.15, -0.1) is 0 Å². The topological polar surface area (TPSA) is 93.5 Å². The maximum absolute atomic E-state index is 12.0. The predicted octanol–water partition coefficient (Wildman–Crippen LogP) is 3.42. The van der Waals surface area contributed by atoms with Crippen LogP contribution in [0.3, 0.4) is 0 Å². The monoisotopic (exact) mass is 317 g/mol. The van der Waals surface area contributed by atoms with Crippen molar-refractivity contribution in [1.82, 2.24) is 9.78 Å². The Balaban J connectivity index is 1.97. The number of carbonyl (C=O) groups excluding carboxylic acids is 1. The van der Waals surface area contributed by atoms with E-state index in [1.54, 1.807) is 37.6 Å². The second-order valence-corrected chi connectivity index (χ2v) is 6.69. The maximum atomic E-state index is 12.0. The van der Waals surface area contributed by atoms with Crippen LogP contribution in [0.4, 0.5) is 10.6 Å². The number of benzene rings is 1. The van der Waals surface area contributed by atoms with Crippen LogP contribution in [0.1, 0.15) is 50.0 Å². The number of carboxylic acids is 1. The lowest BCUT2D eigenvalue weighted by Crippen LogP contribution is -2.27. The van der Waals surface area contributed by atoms with E-state index in [9.17, 15) is 9.59 Å². The molecule has 7 nitrogen and oxygen atoms in total.